The predicted octanol–water partition coefficient (Wildman–Crippen LogP) is 22.7. The van der Waals surface area contributed by atoms with Crippen LogP contribution in [-0.2, 0) is 28.6 Å². The van der Waals surface area contributed by atoms with Crippen molar-refractivity contribution in [1.82, 2.24) is 0 Å². The number of esters is 3. The van der Waals surface area contributed by atoms with Crippen LogP contribution in [0.5, 0.6) is 0 Å². The molecule has 0 rings (SSSR count). The van der Waals surface area contributed by atoms with Crippen LogP contribution in [0.4, 0.5) is 0 Å². The molecule has 6 nitrogen and oxygen atoms in total. The third-order valence-corrected chi connectivity index (χ3v) is 14.8. The molecule has 0 saturated carbocycles. The van der Waals surface area contributed by atoms with E-state index >= 15 is 0 Å². The molecule has 0 fully saturated rings. The van der Waals surface area contributed by atoms with Crippen molar-refractivity contribution >= 4 is 17.9 Å². The van der Waals surface area contributed by atoms with Gasteiger partial charge in [-0.2, -0.15) is 0 Å². The maximum absolute atomic E-state index is 12.8. The third kappa shape index (κ3) is 62.0. The van der Waals surface area contributed by atoms with Gasteiger partial charge in [0.1, 0.15) is 13.2 Å². The summed E-state index contributed by atoms with van der Waals surface area (Å²) in [7, 11) is 0. The average molecular weight is 1060 g/mol. The van der Waals surface area contributed by atoms with Crippen LogP contribution in [0, 0.1) is 0 Å². The molecular weight excluding hydrogens is 937 g/mol. The lowest BCUT2D eigenvalue weighted by Gasteiger charge is -2.18. The number of unbranched alkanes of at least 4 members (excludes halogenated alkanes) is 40. The van der Waals surface area contributed by atoms with Crippen LogP contribution in [0.2, 0.25) is 0 Å². The average Bonchev–Trinajstić information content (AvgIpc) is 3.42. The molecule has 0 aromatic heterocycles. The van der Waals surface area contributed by atoms with Crippen molar-refractivity contribution in [3.63, 3.8) is 0 Å². The normalized spacial score (nSPS) is 12.4. The Hall–Kier alpha value is -2.89. The highest BCUT2D eigenvalue weighted by Crippen LogP contribution is 2.18. The van der Waals surface area contributed by atoms with E-state index in [2.05, 4.69) is 81.5 Å². The fraction of sp³-hybridized carbons (Fsp3) is 0.814. The predicted molar refractivity (Wildman–Crippen MR) is 330 cm³/mol. The van der Waals surface area contributed by atoms with E-state index in [0.717, 1.165) is 103 Å². The highest BCUT2D eigenvalue weighted by molar-refractivity contribution is 5.71. The molecule has 0 radical (unpaired) electrons. The van der Waals surface area contributed by atoms with Crippen LogP contribution in [-0.4, -0.2) is 37.2 Å². The Morgan fingerprint density at radius 2 is 0.513 bits per heavy atom. The van der Waals surface area contributed by atoms with Crippen molar-refractivity contribution in [3.8, 4) is 0 Å². The second-order valence-corrected chi connectivity index (χ2v) is 22.4. The maximum Gasteiger partial charge on any atom is 0.306 e. The van der Waals surface area contributed by atoms with E-state index in [1.807, 2.05) is 0 Å². The number of hydrogen-bond acceptors (Lipinski definition) is 6. The lowest BCUT2D eigenvalue weighted by Crippen LogP contribution is -2.30. The van der Waals surface area contributed by atoms with Gasteiger partial charge in [0, 0.05) is 19.3 Å². The van der Waals surface area contributed by atoms with Crippen LogP contribution in [0.3, 0.4) is 0 Å². The topological polar surface area (TPSA) is 78.9 Å². The first-order valence-electron chi connectivity index (χ1n) is 33.3. The maximum atomic E-state index is 12.8. The van der Waals surface area contributed by atoms with Gasteiger partial charge >= 0.3 is 17.9 Å². The van der Waals surface area contributed by atoms with E-state index < -0.39 is 6.10 Å². The smallest absolute Gasteiger partial charge is 0.306 e. The fourth-order valence-electron chi connectivity index (χ4n) is 9.79. The lowest BCUT2D eigenvalue weighted by atomic mass is 10.0. The summed E-state index contributed by atoms with van der Waals surface area (Å²) in [6.07, 6.45) is 82.8. The molecule has 76 heavy (non-hydrogen) atoms. The quantitative estimate of drug-likeness (QED) is 0.0261. The second kappa shape index (κ2) is 64.6. The fourth-order valence-corrected chi connectivity index (χ4v) is 9.79. The molecule has 442 valence electrons. The minimum Gasteiger partial charge on any atom is -0.462 e. The minimum atomic E-state index is -0.779. The lowest BCUT2D eigenvalue weighted by molar-refractivity contribution is -0.167. The Bertz CT molecular complexity index is 1360. The number of carbonyl (C=O) groups is 3. The second-order valence-electron chi connectivity index (χ2n) is 22.4. The Morgan fingerprint density at radius 3 is 0.803 bits per heavy atom. The number of ether oxygens (including phenoxy) is 3. The van der Waals surface area contributed by atoms with Crippen molar-refractivity contribution in [2.75, 3.05) is 13.2 Å². The first-order chi connectivity index (χ1) is 37.5. The van der Waals surface area contributed by atoms with Gasteiger partial charge in [-0.25, -0.2) is 0 Å². The van der Waals surface area contributed by atoms with E-state index in [4.69, 9.17) is 14.2 Å². The summed E-state index contributed by atoms with van der Waals surface area (Å²) in [4.78, 5) is 38.1. The monoisotopic (exact) mass is 1060 g/mol. The van der Waals surface area contributed by atoms with Gasteiger partial charge in [-0.3, -0.25) is 14.4 Å². The molecule has 6 heteroatoms. The van der Waals surface area contributed by atoms with Gasteiger partial charge in [0.15, 0.2) is 6.10 Å². The van der Waals surface area contributed by atoms with Gasteiger partial charge in [-0.1, -0.05) is 306 Å². The number of allylic oxidation sites excluding steroid dienone is 10. The zero-order valence-electron chi connectivity index (χ0n) is 50.8. The Kier molecular flexibility index (Phi) is 62.2. The summed E-state index contributed by atoms with van der Waals surface area (Å²) >= 11 is 0. The molecule has 0 heterocycles. The molecule has 0 spiro atoms. The molecule has 0 bridgehead atoms. The summed E-state index contributed by atoms with van der Waals surface area (Å²) in [5, 5.41) is 0. The molecular formula is C70H126O6. The molecule has 1 atom stereocenters. The van der Waals surface area contributed by atoms with E-state index in [9.17, 15) is 14.4 Å². The van der Waals surface area contributed by atoms with Crippen LogP contribution in [0.1, 0.15) is 348 Å². The minimum absolute atomic E-state index is 0.0770. The molecule has 0 aliphatic rings. The molecule has 0 saturated heterocycles. The summed E-state index contributed by atoms with van der Waals surface area (Å²) in [6, 6.07) is 0. The van der Waals surface area contributed by atoms with Crippen LogP contribution in [0.15, 0.2) is 60.8 Å². The van der Waals surface area contributed by atoms with Gasteiger partial charge < -0.3 is 14.2 Å². The summed E-state index contributed by atoms with van der Waals surface area (Å²) in [6.45, 7) is 6.51. The highest BCUT2D eigenvalue weighted by Gasteiger charge is 2.19. The van der Waals surface area contributed by atoms with Gasteiger partial charge in [-0.05, 0) is 83.5 Å². The number of hydrogen-bond donors (Lipinski definition) is 0. The molecule has 0 N–H and O–H groups in total. The third-order valence-electron chi connectivity index (χ3n) is 14.8. The first kappa shape index (κ1) is 73.1. The number of rotatable bonds is 61. The van der Waals surface area contributed by atoms with E-state index in [1.54, 1.807) is 0 Å². The summed E-state index contributed by atoms with van der Waals surface area (Å²) in [5.41, 5.74) is 0. The van der Waals surface area contributed by atoms with Crippen molar-refractivity contribution < 1.29 is 28.6 Å². The van der Waals surface area contributed by atoms with Gasteiger partial charge in [0.05, 0.1) is 0 Å². The Balaban J connectivity index is 3.96. The van der Waals surface area contributed by atoms with Gasteiger partial charge in [0.25, 0.3) is 0 Å². The van der Waals surface area contributed by atoms with Gasteiger partial charge in [0.2, 0.25) is 0 Å². The van der Waals surface area contributed by atoms with Crippen molar-refractivity contribution in [2.24, 2.45) is 0 Å². The molecule has 0 aliphatic heterocycles. The van der Waals surface area contributed by atoms with Crippen molar-refractivity contribution in [2.45, 2.75) is 354 Å². The highest BCUT2D eigenvalue weighted by atomic mass is 16.6. The van der Waals surface area contributed by atoms with E-state index in [0.29, 0.717) is 19.3 Å². The van der Waals surface area contributed by atoms with Crippen LogP contribution < -0.4 is 0 Å². The van der Waals surface area contributed by atoms with Crippen LogP contribution >= 0.6 is 0 Å². The Labute approximate surface area is 472 Å². The Morgan fingerprint density at radius 1 is 0.276 bits per heavy atom. The van der Waals surface area contributed by atoms with E-state index in [-0.39, 0.29) is 31.1 Å². The standard InChI is InChI=1S/C70H126O6/c1-4-7-10-13-16-19-21-23-25-26-27-28-29-30-31-32-33-34-35-36-37-38-39-40-41-42-43-44-46-47-49-51-54-57-60-63-69(72)75-66-67(65-74-68(71)62-59-56-53-18-15-12-9-6-3)76-70(73)64-61-58-55-52-50-48-45-24-22-20-17-14-11-8-5-2/h8,11,17,20-21,23-24,26-27,45,67H,4-7,9-10,12-16,18-19,22,25,28-44,46-66H2,1-3H3/b11-8-,20-17-,23-21-,27-26-,45-24-. The van der Waals surface area contributed by atoms with Gasteiger partial charge in [-0.15, -0.1) is 0 Å². The number of carbonyl (C=O) groups excluding carboxylic acids is 3. The SMILES string of the molecule is CC/C=C\C/C=C\C/C=C\CCCCCCCC(=O)OC(COC(=O)CCCCCCCCCC)COC(=O)CCCCCCCCCCCCCCCCCCCCCCCCC/C=C\C/C=C\CCCCCCC. The molecule has 0 aromatic carbocycles. The first-order valence-corrected chi connectivity index (χ1v) is 33.3. The van der Waals surface area contributed by atoms with E-state index in [1.165, 1.54) is 205 Å². The summed E-state index contributed by atoms with van der Waals surface area (Å²) in [5.74, 6) is -0.883. The zero-order valence-corrected chi connectivity index (χ0v) is 50.8. The van der Waals surface area contributed by atoms with Crippen LogP contribution in [0.25, 0.3) is 0 Å². The molecule has 1 unspecified atom stereocenters. The van der Waals surface area contributed by atoms with Crippen molar-refractivity contribution in [1.29, 1.82) is 0 Å². The molecule has 0 aliphatic carbocycles. The zero-order chi connectivity index (χ0) is 55.0. The summed E-state index contributed by atoms with van der Waals surface area (Å²) < 4.78 is 16.8. The molecule has 0 aromatic rings. The molecule has 0 amide bonds. The van der Waals surface area contributed by atoms with Crippen molar-refractivity contribution in [3.05, 3.63) is 60.8 Å². The largest absolute Gasteiger partial charge is 0.462 e.